The summed E-state index contributed by atoms with van der Waals surface area (Å²) in [7, 11) is 0. The zero-order valence-electron chi connectivity index (χ0n) is 11.1. The average Bonchev–Trinajstić information content (AvgIpc) is 2.46. The van der Waals surface area contributed by atoms with E-state index in [4.69, 9.17) is 11.0 Å². The van der Waals surface area contributed by atoms with Crippen LogP contribution >= 0.6 is 0 Å². The molecule has 0 saturated carbocycles. The number of halogens is 1. The van der Waals surface area contributed by atoms with Crippen LogP contribution in [0.1, 0.15) is 12.0 Å². The van der Waals surface area contributed by atoms with Gasteiger partial charge in [-0.25, -0.2) is 4.39 Å². The van der Waals surface area contributed by atoms with Gasteiger partial charge in [0.1, 0.15) is 5.82 Å². The Morgan fingerprint density at radius 3 is 2.55 bits per heavy atom. The van der Waals surface area contributed by atoms with Crippen LogP contribution in [-0.2, 0) is 6.54 Å². The van der Waals surface area contributed by atoms with Crippen LogP contribution in [0.2, 0.25) is 0 Å². The molecule has 0 aliphatic carbocycles. The van der Waals surface area contributed by atoms with Crippen LogP contribution < -0.4 is 10.6 Å². The van der Waals surface area contributed by atoms with Gasteiger partial charge in [-0.2, -0.15) is 5.26 Å². The molecule has 0 unspecified atom stereocenters. The lowest BCUT2D eigenvalue weighted by atomic mass is 10.1. The normalized spacial score (nSPS) is 10.0. The fraction of sp³-hybridized carbons (Fsp3) is 0.188. The highest BCUT2D eigenvalue weighted by Crippen LogP contribution is 2.21. The van der Waals surface area contributed by atoms with E-state index in [0.717, 1.165) is 11.3 Å². The van der Waals surface area contributed by atoms with Crippen molar-refractivity contribution in [1.82, 2.24) is 0 Å². The predicted octanol–water partition coefficient (Wildman–Crippen LogP) is 3.33. The van der Waals surface area contributed by atoms with Gasteiger partial charge in [-0.1, -0.05) is 24.3 Å². The van der Waals surface area contributed by atoms with Crippen LogP contribution in [0.3, 0.4) is 0 Å². The van der Waals surface area contributed by atoms with Gasteiger partial charge in [-0.05, 0) is 29.8 Å². The molecular weight excluding hydrogens is 253 g/mol. The van der Waals surface area contributed by atoms with Crippen molar-refractivity contribution in [2.24, 2.45) is 0 Å². The summed E-state index contributed by atoms with van der Waals surface area (Å²) in [5, 5.41) is 8.77. The molecule has 0 spiro atoms. The highest BCUT2D eigenvalue weighted by Gasteiger charge is 2.09. The lowest BCUT2D eigenvalue weighted by molar-refractivity contribution is 0.627. The Balaban J connectivity index is 2.22. The summed E-state index contributed by atoms with van der Waals surface area (Å²) in [4.78, 5) is 2.06. The molecule has 4 heteroatoms. The quantitative estimate of drug-likeness (QED) is 0.847. The van der Waals surface area contributed by atoms with E-state index < -0.39 is 0 Å². The number of para-hydroxylation sites is 1. The molecule has 2 N–H and O–H groups in total. The molecule has 0 aromatic heterocycles. The van der Waals surface area contributed by atoms with Gasteiger partial charge in [0.25, 0.3) is 0 Å². The van der Waals surface area contributed by atoms with Crippen molar-refractivity contribution >= 4 is 11.4 Å². The van der Waals surface area contributed by atoms with E-state index in [1.54, 1.807) is 6.07 Å². The Morgan fingerprint density at radius 2 is 1.90 bits per heavy atom. The summed E-state index contributed by atoms with van der Waals surface area (Å²) in [6.45, 7) is 1.16. The summed E-state index contributed by atoms with van der Waals surface area (Å²) in [6.07, 6.45) is 0.427. The van der Waals surface area contributed by atoms with Crippen molar-refractivity contribution in [2.75, 3.05) is 17.2 Å². The zero-order valence-corrected chi connectivity index (χ0v) is 11.1. The van der Waals surface area contributed by atoms with Crippen molar-refractivity contribution in [3.05, 3.63) is 59.9 Å². The Kier molecular flexibility index (Phi) is 4.56. The molecule has 0 aliphatic rings. The predicted molar refractivity (Wildman–Crippen MR) is 78.5 cm³/mol. The third-order valence-corrected chi connectivity index (χ3v) is 3.08. The summed E-state index contributed by atoms with van der Waals surface area (Å²) < 4.78 is 13.1. The minimum atomic E-state index is -0.338. The second kappa shape index (κ2) is 6.58. The van der Waals surface area contributed by atoms with E-state index in [2.05, 4.69) is 11.0 Å². The third-order valence-electron chi connectivity index (χ3n) is 3.08. The van der Waals surface area contributed by atoms with Crippen LogP contribution in [0.15, 0.2) is 48.5 Å². The van der Waals surface area contributed by atoms with Crippen molar-refractivity contribution in [3.8, 4) is 6.07 Å². The molecule has 2 aromatic carbocycles. The summed E-state index contributed by atoms with van der Waals surface area (Å²) >= 11 is 0. The monoisotopic (exact) mass is 269 g/mol. The third kappa shape index (κ3) is 3.48. The number of nitrogens with zero attached hydrogens (tertiary/aromatic N) is 2. The van der Waals surface area contributed by atoms with E-state index in [0.29, 0.717) is 25.2 Å². The summed E-state index contributed by atoms with van der Waals surface area (Å²) in [6, 6.07) is 16.4. The maximum atomic E-state index is 13.1. The zero-order chi connectivity index (χ0) is 14.4. The number of anilines is 2. The molecule has 0 atom stereocenters. The average molecular weight is 269 g/mol. The molecule has 0 saturated heterocycles. The second-order valence-corrected chi connectivity index (χ2v) is 4.51. The van der Waals surface area contributed by atoms with Gasteiger partial charge in [0.15, 0.2) is 0 Å². The highest BCUT2D eigenvalue weighted by molar-refractivity contribution is 5.52. The molecule has 102 valence electrons. The molecular formula is C16H16FN3. The minimum Gasteiger partial charge on any atom is -0.398 e. The number of hydrogen-bond donors (Lipinski definition) is 1. The number of nitrogen functional groups attached to an aromatic ring is 1. The van der Waals surface area contributed by atoms with Crippen LogP contribution in [0, 0.1) is 17.1 Å². The number of nitrogens with two attached hydrogens (primary N) is 1. The first-order valence-electron chi connectivity index (χ1n) is 6.41. The fourth-order valence-corrected chi connectivity index (χ4v) is 2.04. The first-order valence-corrected chi connectivity index (χ1v) is 6.41. The maximum Gasteiger partial charge on any atom is 0.125 e. The number of rotatable bonds is 5. The van der Waals surface area contributed by atoms with E-state index in [-0.39, 0.29) is 5.82 Å². The van der Waals surface area contributed by atoms with Gasteiger partial charge in [-0.3, -0.25) is 0 Å². The minimum absolute atomic E-state index is 0.338. The van der Waals surface area contributed by atoms with E-state index >= 15 is 0 Å². The molecule has 0 radical (unpaired) electrons. The molecule has 0 bridgehead atoms. The van der Waals surface area contributed by atoms with Crippen molar-refractivity contribution in [2.45, 2.75) is 13.0 Å². The molecule has 0 fully saturated rings. The SMILES string of the molecule is N#CCCN(Cc1ccc(F)cc1N)c1ccccc1. The summed E-state index contributed by atoms with van der Waals surface area (Å²) in [5.74, 6) is -0.338. The molecule has 0 amide bonds. The highest BCUT2D eigenvalue weighted by atomic mass is 19.1. The van der Waals surface area contributed by atoms with E-state index in [9.17, 15) is 4.39 Å². The Morgan fingerprint density at radius 1 is 1.15 bits per heavy atom. The number of nitriles is 1. The van der Waals surface area contributed by atoms with E-state index in [1.807, 2.05) is 30.3 Å². The van der Waals surface area contributed by atoms with Gasteiger partial charge >= 0.3 is 0 Å². The van der Waals surface area contributed by atoms with Crippen molar-refractivity contribution in [1.29, 1.82) is 5.26 Å². The van der Waals surface area contributed by atoms with Crippen molar-refractivity contribution in [3.63, 3.8) is 0 Å². The molecule has 0 heterocycles. The topological polar surface area (TPSA) is 53.0 Å². The van der Waals surface area contributed by atoms with Gasteiger partial charge in [0.2, 0.25) is 0 Å². The maximum absolute atomic E-state index is 13.1. The lowest BCUT2D eigenvalue weighted by Gasteiger charge is -2.24. The Hall–Kier alpha value is -2.54. The molecule has 2 aromatic rings. The van der Waals surface area contributed by atoms with Crippen molar-refractivity contribution < 1.29 is 4.39 Å². The first kappa shape index (κ1) is 13.9. The molecule has 3 nitrogen and oxygen atoms in total. The largest absolute Gasteiger partial charge is 0.398 e. The Bertz CT molecular complexity index is 605. The Labute approximate surface area is 118 Å². The smallest absolute Gasteiger partial charge is 0.125 e. The standard InChI is InChI=1S/C16H16FN3/c17-14-8-7-13(16(19)11-14)12-20(10-4-9-18)15-5-2-1-3-6-15/h1-3,5-8,11H,4,10,12,19H2. The van der Waals surface area contributed by atoms with Crippen LogP contribution in [0.5, 0.6) is 0 Å². The second-order valence-electron chi connectivity index (χ2n) is 4.51. The van der Waals surface area contributed by atoms with Crippen LogP contribution in [0.25, 0.3) is 0 Å². The molecule has 0 aliphatic heterocycles. The van der Waals surface area contributed by atoms with Crippen LogP contribution in [-0.4, -0.2) is 6.54 Å². The van der Waals surface area contributed by atoms with Crippen LogP contribution in [0.4, 0.5) is 15.8 Å². The first-order chi connectivity index (χ1) is 9.70. The van der Waals surface area contributed by atoms with Gasteiger partial charge in [-0.15, -0.1) is 0 Å². The molecule has 20 heavy (non-hydrogen) atoms. The number of benzene rings is 2. The van der Waals surface area contributed by atoms with Gasteiger partial charge in [0, 0.05) is 24.5 Å². The summed E-state index contributed by atoms with van der Waals surface area (Å²) in [5.41, 5.74) is 8.15. The fourth-order valence-electron chi connectivity index (χ4n) is 2.04. The lowest BCUT2D eigenvalue weighted by Crippen LogP contribution is -2.24. The number of hydrogen-bond acceptors (Lipinski definition) is 3. The molecule has 2 rings (SSSR count). The van der Waals surface area contributed by atoms with Gasteiger partial charge < -0.3 is 10.6 Å². The van der Waals surface area contributed by atoms with Gasteiger partial charge in [0.05, 0.1) is 12.5 Å². The van der Waals surface area contributed by atoms with E-state index in [1.165, 1.54) is 12.1 Å².